The van der Waals surface area contributed by atoms with Gasteiger partial charge in [-0.3, -0.25) is 9.59 Å². The number of aromatic nitrogens is 2. The van der Waals surface area contributed by atoms with Crippen molar-refractivity contribution < 1.29 is 14.0 Å². The molecule has 2 N–H and O–H groups in total. The molecule has 0 fully saturated rings. The molecule has 9 heteroatoms. The molecule has 0 saturated heterocycles. The lowest BCUT2D eigenvalue weighted by atomic mass is 10.0. The lowest BCUT2D eigenvalue weighted by Gasteiger charge is -2.13. The normalized spacial score (nSPS) is 11.8. The number of amides is 1. The Morgan fingerprint density at radius 2 is 2.00 bits per heavy atom. The summed E-state index contributed by atoms with van der Waals surface area (Å²) in [4.78, 5) is 23.5. The van der Waals surface area contributed by atoms with Crippen molar-refractivity contribution in [1.82, 2.24) is 15.5 Å². The van der Waals surface area contributed by atoms with Crippen LogP contribution in [0.25, 0.3) is 0 Å². The molecule has 0 bridgehead atoms. The molecule has 146 valence electrons. The first-order valence-corrected chi connectivity index (χ1v) is 10.4. The maximum Gasteiger partial charge on any atom is 0.217 e. The molecular formula is C19H20N4O3S2. The molecule has 28 heavy (non-hydrogen) atoms. The van der Waals surface area contributed by atoms with Crippen LogP contribution in [0.15, 0.2) is 51.4 Å². The first kappa shape index (κ1) is 20.1. The number of nitrogens with zero attached hydrogens (tertiary/aromatic N) is 2. The number of anilines is 1. The number of benzene rings is 1. The summed E-state index contributed by atoms with van der Waals surface area (Å²) in [7, 11) is 0. The second-order valence-corrected chi connectivity index (χ2v) is 8.26. The number of nitrogens with one attached hydrogen (secondary N) is 2. The number of hydrogen-bond acceptors (Lipinski definition) is 8. The van der Waals surface area contributed by atoms with Crippen molar-refractivity contribution in [2.75, 3.05) is 11.1 Å². The van der Waals surface area contributed by atoms with Crippen molar-refractivity contribution in [3.8, 4) is 0 Å². The van der Waals surface area contributed by atoms with Crippen LogP contribution in [0.5, 0.6) is 0 Å². The predicted molar refractivity (Wildman–Crippen MR) is 110 cm³/mol. The van der Waals surface area contributed by atoms with E-state index in [-0.39, 0.29) is 23.5 Å². The first-order chi connectivity index (χ1) is 13.5. The highest BCUT2D eigenvalue weighted by atomic mass is 32.2. The zero-order chi connectivity index (χ0) is 19.9. The molecule has 1 amide bonds. The Hall–Kier alpha value is -2.65. The molecule has 1 aromatic carbocycles. The monoisotopic (exact) mass is 416 g/mol. The van der Waals surface area contributed by atoms with E-state index in [4.69, 9.17) is 4.42 Å². The third-order valence-electron chi connectivity index (χ3n) is 3.88. The molecular weight excluding hydrogens is 396 g/mol. The van der Waals surface area contributed by atoms with Crippen LogP contribution in [-0.2, 0) is 11.3 Å². The lowest BCUT2D eigenvalue weighted by Crippen LogP contribution is -2.23. The molecule has 0 aliphatic heterocycles. The van der Waals surface area contributed by atoms with Gasteiger partial charge >= 0.3 is 0 Å². The van der Waals surface area contributed by atoms with Gasteiger partial charge in [-0.05, 0) is 24.6 Å². The van der Waals surface area contributed by atoms with Crippen molar-refractivity contribution in [2.45, 2.75) is 30.8 Å². The Morgan fingerprint density at radius 3 is 2.68 bits per heavy atom. The highest BCUT2D eigenvalue weighted by Gasteiger charge is 2.12. The summed E-state index contributed by atoms with van der Waals surface area (Å²) in [5, 5.41) is 14.8. The number of ketones is 1. The van der Waals surface area contributed by atoms with Crippen LogP contribution in [0.2, 0.25) is 0 Å². The highest BCUT2D eigenvalue weighted by molar-refractivity contribution is 8.01. The first-order valence-electron chi connectivity index (χ1n) is 8.64. The topological polar surface area (TPSA) is 97.1 Å². The van der Waals surface area contributed by atoms with Crippen molar-refractivity contribution >= 4 is 39.9 Å². The molecule has 0 aliphatic carbocycles. The largest absolute Gasteiger partial charge is 0.467 e. The molecule has 3 rings (SSSR count). The smallest absolute Gasteiger partial charge is 0.217 e. The average molecular weight is 417 g/mol. The van der Waals surface area contributed by atoms with Gasteiger partial charge < -0.3 is 15.1 Å². The second-order valence-electron chi connectivity index (χ2n) is 6.06. The minimum Gasteiger partial charge on any atom is -0.467 e. The number of rotatable bonds is 9. The number of Topliss-reactive ketones (excluding diaryl/α,β-unsaturated/α-hetero) is 1. The summed E-state index contributed by atoms with van der Waals surface area (Å²) in [6.07, 6.45) is 1.62. The molecule has 0 unspecified atom stereocenters. The highest BCUT2D eigenvalue weighted by Crippen LogP contribution is 2.26. The van der Waals surface area contributed by atoms with Crippen LogP contribution in [0.1, 0.15) is 41.6 Å². The second kappa shape index (κ2) is 9.52. The fourth-order valence-electron chi connectivity index (χ4n) is 2.47. The van der Waals surface area contributed by atoms with Gasteiger partial charge in [-0.15, -0.1) is 10.2 Å². The van der Waals surface area contributed by atoms with Gasteiger partial charge in [-0.25, -0.2) is 0 Å². The van der Waals surface area contributed by atoms with Crippen LogP contribution in [0.3, 0.4) is 0 Å². The van der Waals surface area contributed by atoms with E-state index in [0.29, 0.717) is 17.2 Å². The van der Waals surface area contributed by atoms with E-state index >= 15 is 0 Å². The van der Waals surface area contributed by atoms with E-state index in [1.165, 1.54) is 30.0 Å². The zero-order valence-corrected chi connectivity index (χ0v) is 17.1. The van der Waals surface area contributed by atoms with Crippen molar-refractivity contribution in [1.29, 1.82) is 0 Å². The molecule has 7 nitrogen and oxygen atoms in total. The third-order valence-corrected chi connectivity index (χ3v) is 5.89. The Labute approximate surface area is 170 Å². The van der Waals surface area contributed by atoms with Gasteiger partial charge in [0.05, 0.1) is 24.6 Å². The van der Waals surface area contributed by atoms with Crippen molar-refractivity contribution in [3.05, 3.63) is 59.5 Å². The van der Waals surface area contributed by atoms with E-state index in [2.05, 4.69) is 20.8 Å². The molecule has 3 aromatic rings. The number of carbonyl (C=O) groups is 2. The molecule has 2 heterocycles. The SMILES string of the molecule is CC(=O)N[C@@H](C)c1ccc(C(=O)CSc2nnc(NCc3ccco3)s2)cc1. The Bertz CT molecular complexity index is 923. The van der Waals surface area contributed by atoms with E-state index < -0.39 is 0 Å². The summed E-state index contributed by atoms with van der Waals surface area (Å²) < 4.78 is 5.98. The van der Waals surface area contributed by atoms with Crippen LogP contribution >= 0.6 is 23.1 Å². The van der Waals surface area contributed by atoms with E-state index in [9.17, 15) is 9.59 Å². The zero-order valence-electron chi connectivity index (χ0n) is 15.5. The van der Waals surface area contributed by atoms with Gasteiger partial charge in [0, 0.05) is 12.5 Å². The maximum absolute atomic E-state index is 12.4. The van der Waals surface area contributed by atoms with Crippen LogP contribution in [-0.4, -0.2) is 27.6 Å². The van der Waals surface area contributed by atoms with E-state index in [0.717, 1.165) is 15.7 Å². The molecule has 0 spiro atoms. The fourth-order valence-corrected chi connectivity index (χ4v) is 4.11. The molecule has 0 radical (unpaired) electrons. The van der Waals surface area contributed by atoms with E-state index in [1.807, 2.05) is 31.2 Å². The van der Waals surface area contributed by atoms with Gasteiger partial charge in [0.1, 0.15) is 5.76 Å². The predicted octanol–water partition coefficient (Wildman–Crippen LogP) is 3.92. The Kier molecular flexibility index (Phi) is 6.83. The van der Waals surface area contributed by atoms with Crippen molar-refractivity contribution in [3.63, 3.8) is 0 Å². The summed E-state index contributed by atoms with van der Waals surface area (Å²) in [6.45, 7) is 3.92. The third kappa shape index (κ3) is 5.67. The van der Waals surface area contributed by atoms with Crippen LogP contribution in [0, 0.1) is 0 Å². The van der Waals surface area contributed by atoms with Gasteiger partial charge in [-0.2, -0.15) is 0 Å². The van der Waals surface area contributed by atoms with Crippen LogP contribution in [0.4, 0.5) is 5.13 Å². The minimum atomic E-state index is -0.0930. The van der Waals surface area contributed by atoms with Gasteiger partial charge in [0.15, 0.2) is 10.1 Å². The summed E-state index contributed by atoms with van der Waals surface area (Å²) >= 11 is 2.76. The Morgan fingerprint density at radius 1 is 1.21 bits per heavy atom. The molecule has 0 aliphatic rings. The summed E-state index contributed by atoms with van der Waals surface area (Å²) in [5.74, 6) is 1.03. The van der Waals surface area contributed by atoms with Gasteiger partial charge in [-0.1, -0.05) is 47.4 Å². The van der Waals surface area contributed by atoms with Gasteiger partial charge in [0.2, 0.25) is 11.0 Å². The maximum atomic E-state index is 12.4. The fraction of sp³-hybridized carbons (Fsp3) is 0.263. The number of hydrogen-bond donors (Lipinski definition) is 2. The summed E-state index contributed by atoms with van der Waals surface area (Å²) in [6, 6.07) is 10.9. The average Bonchev–Trinajstić information content (AvgIpc) is 3.36. The number of carbonyl (C=O) groups excluding carboxylic acids is 2. The quantitative estimate of drug-likeness (QED) is 0.403. The lowest BCUT2D eigenvalue weighted by molar-refractivity contribution is -0.119. The molecule has 0 saturated carbocycles. The molecule has 1 atom stereocenters. The number of furan rings is 1. The van der Waals surface area contributed by atoms with Gasteiger partial charge in [0.25, 0.3) is 0 Å². The standard InChI is InChI=1S/C19H20N4O3S2/c1-12(21-13(2)24)14-5-7-15(8-6-14)17(25)11-27-19-23-22-18(28-19)20-10-16-4-3-9-26-16/h3-9,12H,10-11H2,1-2H3,(H,20,22)(H,21,24)/t12-/m0/s1. The van der Waals surface area contributed by atoms with Crippen molar-refractivity contribution in [2.24, 2.45) is 0 Å². The minimum absolute atomic E-state index is 0.0176. The Balaban J connectivity index is 1.49. The number of thioether (sulfide) groups is 1. The molecule has 2 aromatic heterocycles. The van der Waals surface area contributed by atoms with Crippen LogP contribution < -0.4 is 10.6 Å². The summed E-state index contributed by atoms with van der Waals surface area (Å²) in [5.41, 5.74) is 1.59. The van der Waals surface area contributed by atoms with E-state index in [1.54, 1.807) is 18.4 Å².